The molecule has 0 aromatic heterocycles. The molecule has 4 nitrogen and oxygen atoms in total. The number of carbonyl (C=O) groups excluding carboxylic acids is 1. The Bertz CT molecular complexity index is 908. The van der Waals surface area contributed by atoms with Crippen LogP contribution in [0.15, 0.2) is 78.9 Å². The van der Waals surface area contributed by atoms with Crippen LogP contribution in [-0.4, -0.2) is 16.4 Å². The van der Waals surface area contributed by atoms with Crippen molar-refractivity contribution in [2.75, 3.05) is 11.6 Å². The van der Waals surface area contributed by atoms with E-state index in [4.69, 9.17) is 4.74 Å². The molecule has 0 spiro atoms. The van der Waals surface area contributed by atoms with E-state index in [1.807, 2.05) is 36.4 Å². The molecule has 0 aliphatic rings. The maximum Gasteiger partial charge on any atom is 0.255 e. The van der Waals surface area contributed by atoms with Crippen molar-refractivity contribution in [1.82, 2.24) is 0 Å². The third kappa shape index (κ3) is 5.04. The molecule has 0 fully saturated rings. The molecule has 3 aromatic carbocycles. The van der Waals surface area contributed by atoms with Crippen molar-refractivity contribution >= 4 is 22.4 Å². The van der Waals surface area contributed by atoms with Crippen LogP contribution >= 0.6 is 0 Å². The summed E-state index contributed by atoms with van der Waals surface area (Å²) in [4.78, 5) is 12.4. The SMILES string of the molecule is CS(=O)Cc1cccc(C(=O)Nc2ccc(Oc3ccccc3)cc2)c1. The van der Waals surface area contributed by atoms with Crippen molar-refractivity contribution in [3.63, 3.8) is 0 Å². The summed E-state index contributed by atoms with van der Waals surface area (Å²) in [5, 5.41) is 2.86. The smallest absolute Gasteiger partial charge is 0.255 e. The molecule has 0 heterocycles. The number of rotatable bonds is 6. The van der Waals surface area contributed by atoms with Gasteiger partial charge in [-0.3, -0.25) is 9.00 Å². The molecule has 3 rings (SSSR count). The predicted molar refractivity (Wildman–Crippen MR) is 105 cm³/mol. The number of hydrogen-bond acceptors (Lipinski definition) is 3. The van der Waals surface area contributed by atoms with E-state index in [1.165, 1.54) is 0 Å². The number of carbonyl (C=O) groups is 1. The summed E-state index contributed by atoms with van der Waals surface area (Å²) in [6.45, 7) is 0. The van der Waals surface area contributed by atoms with Gasteiger partial charge >= 0.3 is 0 Å². The van der Waals surface area contributed by atoms with Crippen LogP contribution in [0.2, 0.25) is 0 Å². The highest BCUT2D eigenvalue weighted by Gasteiger charge is 2.08. The van der Waals surface area contributed by atoms with Crippen molar-refractivity contribution in [3.05, 3.63) is 90.0 Å². The van der Waals surface area contributed by atoms with Gasteiger partial charge in [0.2, 0.25) is 0 Å². The predicted octanol–water partition coefficient (Wildman–Crippen LogP) is 4.61. The maximum atomic E-state index is 12.4. The topological polar surface area (TPSA) is 55.4 Å². The first-order valence-electron chi connectivity index (χ1n) is 8.13. The van der Waals surface area contributed by atoms with Crippen molar-refractivity contribution in [1.29, 1.82) is 0 Å². The summed E-state index contributed by atoms with van der Waals surface area (Å²) in [5.74, 6) is 1.69. The first kappa shape index (κ1) is 17.9. The van der Waals surface area contributed by atoms with Gasteiger partial charge in [-0.1, -0.05) is 30.3 Å². The minimum atomic E-state index is -0.941. The van der Waals surface area contributed by atoms with Crippen LogP contribution in [0.25, 0.3) is 0 Å². The number of benzene rings is 3. The summed E-state index contributed by atoms with van der Waals surface area (Å²) in [7, 11) is -0.941. The molecule has 132 valence electrons. The standard InChI is InChI=1S/C21H19NO3S/c1-26(24)15-16-6-5-7-17(14-16)21(23)22-18-10-12-20(13-11-18)25-19-8-3-2-4-9-19/h2-14H,15H2,1H3,(H,22,23). The van der Waals surface area contributed by atoms with Gasteiger partial charge in [0.05, 0.1) is 0 Å². The highest BCUT2D eigenvalue weighted by Crippen LogP contribution is 2.23. The average molecular weight is 365 g/mol. The van der Waals surface area contributed by atoms with Gasteiger partial charge in [0.25, 0.3) is 5.91 Å². The number of ether oxygens (including phenoxy) is 1. The minimum Gasteiger partial charge on any atom is -0.457 e. The average Bonchev–Trinajstić information content (AvgIpc) is 2.64. The second kappa shape index (κ2) is 8.45. The molecular formula is C21H19NO3S. The lowest BCUT2D eigenvalue weighted by Gasteiger charge is -2.09. The molecule has 0 radical (unpaired) electrons. The zero-order valence-electron chi connectivity index (χ0n) is 14.3. The molecule has 0 aliphatic heterocycles. The van der Waals surface area contributed by atoms with Crippen LogP contribution in [0, 0.1) is 0 Å². The number of amides is 1. The Labute approximate surface area is 155 Å². The molecule has 3 aromatic rings. The summed E-state index contributed by atoms with van der Waals surface area (Å²) in [5.41, 5.74) is 2.10. The van der Waals surface area contributed by atoms with Gasteiger partial charge in [-0.2, -0.15) is 0 Å². The number of anilines is 1. The molecule has 0 saturated carbocycles. The fraction of sp³-hybridized carbons (Fsp3) is 0.0952. The Hall–Kier alpha value is -2.92. The van der Waals surface area contributed by atoms with E-state index in [2.05, 4.69) is 5.32 Å². The van der Waals surface area contributed by atoms with Gasteiger partial charge < -0.3 is 10.1 Å². The van der Waals surface area contributed by atoms with Crippen LogP contribution in [-0.2, 0) is 16.6 Å². The Morgan fingerprint density at radius 3 is 2.31 bits per heavy atom. The number of para-hydroxylation sites is 1. The number of hydrogen-bond donors (Lipinski definition) is 1. The number of nitrogens with one attached hydrogen (secondary N) is 1. The third-order valence-electron chi connectivity index (χ3n) is 3.65. The molecule has 1 amide bonds. The van der Waals surface area contributed by atoms with E-state index in [-0.39, 0.29) is 5.91 Å². The molecular weight excluding hydrogens is 346 g/mol. The van der Waals surface area contributed by atoms with Gasteiger partial charge in [-0.05, 0) is 54.1 Å². The lowest BCUT2D eigenvalue weighted by molar-refractivity contribution is 0.102. The van der Waals surface area contributed by atoms with E-state index in [0.717, 1.165) is 11.3 Å². The summed E-state index contributed by atoms with van der Waals surface area (Å²) >= 11 is 0. The highest BCUT2D eigenvalue weighted by molar-refractivity contribution is 7.83. The van der Waals surface area contributed by atoms with Crippen LogP contribution < -0.4 is 10.1 Å². The largest absolute Gasteiger partial charge is 0.457 e. The summed E-state index contributed by atoms with van der Waals surface area (Å²) in [6.07, 6.45) is 1.64. The Balaban J connectivity index is 1.65. The normalized spacial score (nSPS) is 11.6. The molecule has 1 unspecified atom stereocenters. The van der Waals surface area contributed by atoms with Gasteiger partial charge in [-0.15, -0.1) is 0 Å². The lowest BCUT2D eigenvalue weighted by Crippen LogP contribution is -2.12. The van der Waals surface area contributed by atoms with Crippen molar-refractivity contribution in [2.45, 2.75) is 5.75 Å². The molecule has 1 N–H and O–H groups in total. The van der Waals surface area contributed by atoms with Crippen LogP contribution in [0.5, 0.6) is 11.5 Å². The van der Waals surface area contributed by atoms with Gasteiger partial charge in [0.15, 0.2) is 0 Å². The Morgan fingerprint density at radius 2 is 1.62 bits per heavy atom. The molecule has 0 bridgehead atoms. The minimum absolute atomic E-state index is 0.203. The Kier molecular flexibility index (Phi) is 5.81. The molecule has 0 aliphatic carbocycles. The van der Waals surface area contributed by atoms with Gasteiger partial charge in [-0.25, -0.2) is 0 Å². The monoisotopic (exact) mass is 365 g/mol. The van der Waals surface area contributed by atoms with E-state index >= 15 is 0 Å². The molecule has 0 saturated heterocycles. The van der Waals surface area contributed by atoms with E-state index in [1.54, 1.807) is 48.7 Å². The second-order valence-electron chi connectivity index (χ2n) is 5.81. The quantitative estimate of drug-likeness (QED) is 0.694. The fourth-order valence-electron chi connectivity index (χ4n) is 2.47. The molecule has 1 atom stereocenters. The van der Waals surface area contributed by atoms with E-state index in [9.17, 15) is 9.00 Å². The van der Waals surface area contributed by atoms with Crippen molar-refractivity contribution < 1.29 is 13.7 Å². The Morgan fingerprint density at radius 1 is 0.923 bits per heavy atom. The van der Waals surface area contributed by atoms with Crippen LogP contribution in [0.1, 0.15) is 15.9 Å². The van der Waals surface area contributed by atoms with Crippen molar-refractivity contribution in [2.24, 2.45) is 0 Å². The third-order valence-corrected chi connectivity index (χ3v) is 4.39. The zero-order chi connectivity index (χ0) is 18.4. The summed E-state index contributed by atoms with van der Waals surface area (Å²) in [6, 6.07) is 23.9. The molecule has 26 heavy (non-hydrogen) atoms. The van der Waals surface area contributed by atoms with Gasteiger partial charge in [0, 0.05) is 34.1 Å². The van der Waals surface area contributed by atoms with Crippen molar-refractivity contribution in [3.8, 4) is 11.5 Å². The summed E-state index contributed by atoms with van der Waals surface area (Å²) < 4.78 is 17.1. The first-order valence-corrected chi connectivity index (χ1v) is 9.86. The molecule has 5 heteroatoms. The van der Waals surface area contributed by atoms with E-state index in [0.29, 0.717) is 22.8 Å². The van der Waals surface area contributed by atoms with Crippen LogP contribution in [0.4, 0.5) is 5.69 Å². The van der Waals surface area contributed by atoms with Crippen LogP contribution in [0.3, 0.4) is 0 Å². The maximum absolute atomic E-state index is 12.4. The van der Waals surface area contributed by atoms with E-state index < -0.39 is 10.8 Å². The second-order valence-corrected chi connectivity index (χ2v) is 7.25. The van der Waals surface area contributed by atoms with Gasteiger partial charge in [0.1, 0.15) is 11.5 Å². The lowest BCUT2D eigenvalue weighted by atomic mass is 10.1. The highest BCUT2D eigenvalue weighted by atomic mass is 32.2. The fourth-order valence-corrected chi connectivity index (χ4v) is 3.12. The first-order chi connectivity index (χ1) is 12.6. The zero-order valence-corrected chi connectivity index (χ0v) is 15.2.